The third-order valence-electron chi connectivity index (χ3n) is 5.29. The van der Waals surface area contributed by atoms with E-state index in [0.29, 0.717) is 12.5 Å². The second-order valence-corrected chi connectivity index (χ2v) is 8.63. The average molecular weight is 531 g/mol. The fourth-order valence-electron chi connectivity index (χ4n) is 3.62. The number of benzene rings is 1. The van der Waals surface area contributed by atoms with Gasteiger partial charge in [0.05, 0.1) is 12.6 Å². The Kier molecular flexibility index (Phi) is 9.59. The van der Waals surface area contributed by atoms with Crippen molar-refractivity contribution in [1.82, 2.24) is 9.80 Å². The minimum absolute atomic E-state index is 0. The highest BCUT2D eigenvalue weighted by atomic mass is 127. The van der Waals surface area contributed by atoms with Crippen molar-refractivity contribution in [2.75, 3.05) is 32.4 Å². The van der Waals surface area contributed by atoms with Gasteiger partial charge >= 0.3 is 0 Å². The highest BCUT2D eigenvalue weighted by molar-refractivity contribution is 14.0. The number of thiophene rings is 1. The van der Waals surface area contributed by atoms with E-state index in [-0.39, 0.29) is 30.0 Å². The van der Waals surface area contributed by atoms with E-state index in [1.807, 2.05) is 11.3 Å². The number of nitrogens with zero attached hydrogens (tertiary/aromatic N) is 3. The molecular weight excluding hydrogens is 499 g/mol. The second-order valence-electron chi connectivity index (χ2n) is 6.75. The van der Waals surface area contributed by atoms with Crippen LogP contribution in [0, 0.1) is 0 Å². The quantitative estimate of drug-likeness (QED) is 0.241. The number of fused-ring (bicyclic) bond motifs is 1. The molecule has 0 saturated heterocycles. The lowest BCUT2D eigenvalue weighted by molar-refractivity contribution is 0.185. The van der Waals surface area contributed by atoms with Gasteiger partial charge < -0.3 is 10.6 Å². The third-order valence-corrected chi connectivity index (χ3v) is 7.06. The highest BCUT2D eigenvalue weighted by Gasteiger charge is 2.25. The molecule has 1 unspecified atom stereocenters. The third kappa shape index (κ3) is 5.64. The van der Waals surface area contributed by atoms with Gasteiger partial charge in [-0.3, -0.25) is 9.89 Å². The fourth-order valence-corrected chi connectivity index (χ4v) is 4.92. The van der Waals surface area contributed by atoms with Crippen LogP contribution in [0.4, 0.5) is 0 Å². The van der Waals surface area contributed by atoms with Crippen LogP contribution in [0.2, 0.25) is 0 Å². The number of thioether (sulfide) groups is 1. The van der Waals surface area contributed by atoms with Crippen molar-refractivity contribution in [3.8, 4) is 0 Å². The van der Waals surface area contributed by atoms with Crippen molar-refractivity contribution >= 4 is 53.0 Å². The molecule has 7 heteroatoms. The summed E-state index contributed by atoms with van der Waals surface area (Å²) in [6.45, 7) is 8.78. The summed E-state index contributed by atoms with van der Waals surface area (Å²) in [7, 11) is 0. The van der Waals surface area contributed by atoms with Gasteiger partial charge in [-0.05, 0) is 61.2 Å². The van der Waals surface area contributed by atoms with Gasteiger partial charge in [-0.25, -0.2) is 0 Å². The topological polar surface area (TPSA) is 44.9 Å². The molecule has 3 rings (SSSR count). The molecule has 28 heavy (non-hydrogen) atoms. The normalized spacial score (nSPS) is 15.6. The van der Waals surface area contributed by atoms with Crippen LogP contribution in [0.3, 0.4) is 0 Å². The van der Waals surface area contributed by atoms with Gasteiger partial charge in [0.25, 0.3) is 0 Å². The van der Waals surface area contributed by atoms with Crippen molar-refractivity contribution in [1.29, 1.82) is 0 Å². The molecule has 0 bridgehead atoms. The molecule has 0 radical (unpaired) electrons. The van der Waals surface area contributed by atoms with Gasteiger partial charge in [-0.1, -0.05) is 12.1 Å². The number of halogens is 1. The zero-order valence-corrected chi connectivity index (χ0v) is 20.9. The van der Waals surface area contributed by atoms with Crippen LogP contribution in [0.25, 0.3) is 0 Å². The number of hydrogen-bond donors (Lipinski definition) is 1. The number of hydrogen-bond acceptors (Lipinski definition) is 4. The smallest absolute Gasteiger partial charge is 0.191 e. The number of aliphatic imine (C=N–C) groups is 1. The highest BCUT2D eigenvalue weighted by Crippen LogP contribution is 2.31. The van der Waals surface area contributed by atoms with E-state index in [0.717, 1.165) is 32.6 Å². The SMILES string of the molecule is CCN(CC)C(N)=NCC(c1ccc(SC)cc1)N1CCc2sccc2C1.I. The molecule has 0 fully saturated rings. The zero-order valence-electron chi connectivity index (χ0n) is 16.9. The van der Waals surface area contributed by atoms with Crippen molar-refractivity contribution in [2.45, 2.75) is 37.8 Å². The first-order chi connectivity index (χ1) is 13.2. The Balaban J connectivity index is 0.00000280. The number of nitrogens with two attached hydrogens (primary N) is 1. The lowest BCUT2D eigenvalue weighted by Crippen LogP contribution is -2.39. The minimum Gasteiger partial charge on any atom is -0.370 e. The molecule has 2 N–H and O–H groups in total. The first-order valence-corrected chi connectivity index (χ1v) is 11.7. The molecule has 1 aliphatic rings. The summed E-state index contributed by atoms with van der Waals surface area (Å²) in [5.41, 5.74) is 9.05. The summed E-state index contributed by atoms with van der Waals surface area (Å²) in [6, 6.07) is 11.5. The average Bonchev–Trinajstić information content (AvgIpc) is 3.17. The van der Waals surface area contributed by atoms with Gasteiger partial charge in [-0.2, -0.15) is 0 Å². The Morgan fingerprint density at radius 1 is 1.25 bits per heavy atom. The fraction of sp³-hybridized carbons (Fsp3) is 0.476. The second kappa shape index (κ2) is 11.4. The van der Waals surface area contributed by atoms with Gasteiger partial charge in [0, 0.05) is 36.0 Å². The van der Waals surface area contributed by atoms with Crippen LogP contribution in [0.15, 0.2) is 45.6 Å². The van der Waals surface area contributed by atoms with E-state index in [9.17, 15) is 0 Å². The molecule has 0 aliphatic carbocycles. The van der Waals surface area contributed by atoms with Gasteiger partial charge in [0.2, 0.25) is 0 Å². The lowest BCUT2D eigenvalue weighted by Gasteiger charge is -2.34. The van der Waals surface area contributed by atoms with Crippen LogP contribution in [0.5, 0.6) is 0 Å². The first kappa shape index (κ1) is 23.5. The molecule has 2 aromatic rings. The largest absolute Gasteiger partial charge is 0.370 e. The predicted octanol–water partition coefficient (Wildman–Crippen LogP) is 4.84. The molecule has 4 nitrogen and oxygen atoms in total. The molecule has 0 spiro atoms. The van der Waals surface area contributed by atoms with Crippen LogP contribution < -0.4 is 5.73 Å². The molecule has 1 aromatic heterocycles. The van der Waals surface area contributed by atoms with Crippen molar-refractivity contribution in [2.24, 2.45) is 10.7 Å². The molecular formula is C21H31IN4S2. The monoisotopic (exact) mass is 530 g/mol. The first-order valence-electron chi connectivity index (χ1n) is 9.64. The van der Waals surface area contributed by atoms with E-state index in [4.69, 9.17) is 10.7 Å². The Morgan fingerprint density at radius 3 is 2.61 bits per heavy atom. The molecule has 1 aromatic carbocycles. The van der Waals surface area contributed by atoms with Gasteiger partial charge in [0.1, 0.15) is 0 Å². The van der Waals surface area contributed by atoms with E-state index >= 15 is 0 Å². The number of rotatable bonds is 7. The summed E-state index contributed by atoms with van der Waals surface area (Å²) in [5.74, 6) is 0.652. The minimum atomic E-state index is 0. The summed E-state index contributed by atoms with van der Waals surface area (Å²) in [6.07, 6.45) is 3.24. The van der Waals surface area contributed by atoms with Crippen LogP contribution in [0.1, 0.15) is 35.9 Å². The molecule has 1 aliphatic heterocycles. The van der Waals surface area contributed by atoms with E-state index in [2.05, 4.69) is 65.6 Å². The maximum atomic E-state index is 6.26. The summed E-state index contributed by atoms with van der Waals surface area (Å²) in [5, 5.41) is 2.22. The molecule has 0 saturated carbocycles. The number of guanidine groups is 1. The molecule has 1 atom stereocenters. The van der Waals surface area contributed by atoms with Crippen molar-refractivity contribution < 1.29 is 0 Å². The van der Waals surface area contributed by atoms with Crippen LogP contribution in [-0.4, -0.2) is 48.2 Å². The predicted molar refractivity (Wildman–Crippen MR) is 134 cm³/mol. The Morgan fingerprint density at radius 2 is 1.96 bits per heavy atom. The maximum Gasteiger partial charge on any atom is 0.191 e. The Hall–Kier alpha value is -0.770. The van der Waals surface area contributed by atoms with Crippen LogP contribution in [-0.2, 0) is 13.0 Å². The van der Waals surface area contributed by atoms with Crippen LogP contribution >= 0.6 is 47.1 Å². The van der Waals surface area contributed by atoms with E-state index < -0.39 is 0 Å². The summed E-state index contributed by atoms with van der Waals surface area (Å²) >= 11 is 3.66. The van der Waals surface area contributed by atoms with Crippen molar-refractivity contribution in [3.63, 3.8) is 0 Å². The zero-order chi connectivity index (χ0) is 19.2. The molecule has 2 heterocycles. The van der Waals surface area contributed by atoms with Crippen molar-refractivity contribution in [3.05, 3.63) is 51.7 Å². The van der Waals surface area contributed by atoms with E-state index in [1.165, 1.54) is 20.9 Å². The summed E-state index contributed by atoms with van der Waals surface area (Å²) in [4.78, 5) is 12.3. The lowest BCUT2D eigenvalue weighted by atomic mass is 10.0. The summed E-state index contributed by atoms with van der Waals surface area (Å²) < 4.78 is 0. The van der Waals surface area contributed by atoms with Gasteiger partial charge in [0.15, 0.2) is 5.96 Å². The van der Waals surface area contributed by atoms with E-state index in [1.54, 1.807) is 11.8 Å². The Bertz CT molecular complexity index is 756. The molecule has 0 amide bonds. The standard InChI is InChI=1S/C21H30N4S2.HI/c1-4-24(5-2)21(22)23-14-19(16-6-8-18(26-3)9-7-16)25-12-10-20-17(15-25)11-13-27-20;/h6-9,11,13,19H,4-5,10,12,14-15H2,1-3H3,(H2,22,23);1H. The molecule has 154 valence electrons. The maximum absolute atomic E-state index is 6.26. The Labute approximate surface area is 194 Å². The van der Waals surface area contributed by atoms with Gasteiger partial charge in [-0.15, -0.1) is 47.1 Å².